The Morgan fingerprint density at radius 3 is 2.38 bits per heavy atom. The normalized spacial score (nSPS) is 13.2. The van der Waals surface area contributed by atoms with E-state index in [4.69, 9.17) is 5.11 Å². The van der Waals surface area contributed by atoms with Crippen LogP contribution in [0.15, 0.2) is 0 Å². The molecule has 0 bridgehead atoms. The smallest absolute Gasteiger partial charge is 0.304 e. The van der Waals surface area contributed by atoms with Crippen LogP contribution in [0.4, 0.5) is 0 Å². The molecule has 0 aromatic carbocycles. The molecule has 2 nitrogen and oxygen atoms in total. The summed E-state index contributed by atoms with van der Waals surface area (Å²) in [5.41, 5.74) is 0. The quantitative estimate of drug-likeness (QED) is 0.768. The van der Waals surface area contributed by atoms with Crippen LogP contribution in [0.2, 0.25) is 0 Å². The zero-order valence-electron chi connectivity index (χ0n) is 4.10. The van der Waals surface area contributed by atoms with E-state index < -0.39 is 5.97 Å². The summed E-state index contributed by atoms with van der Waals surface area (Å²) in [5.74, 6) is -0.772. The number of hydrogen-bond acceptors (Lipinski definition) is 1. The van der Waals surface area contributed by atoms with Crippen molar-refractivity contribution in [2.24, 2.45) is 0 Å². The second-order valence-corrected chi connectivity index (χ2v) is 3.29. The first-order valence-electron chi connectivity index (χ1n) is 2.08. The molecule has 1 atom stereocenters. The number of hydrogen-bond donors (Lipinski definition) is 1. The predicted octanol–water partition coefficient (Wildman–Crippen LogP) is 1.62. The second-order valence-electron chi connectivity index (χ2n) is 1.35. The molecule has 0 aromatic rings. The SMILES string of the molecule is O=C(O)C[C@@H](Br)CBr. The number of aliphatic carboxylic acids is 1. The van der Waals surface area contributed by atoms with Gasteiger partial charge in [0.05, 0.1) is 6.42 Å². The van der Waals surface area contributed by atoms with Crippen LogP contribution < -0.4 is 0 Å². The predicted molar refractivity (Wildman–Crippen MR) is 38.8 cm³/mol. The Balaban J connectivity index is 3.24. The Morgan fingerprint density at radius 1 is 1.75 bits per heavy atom. The van der Waals surface area contributed by atoms with E-state index in [0.717, 1.165) is 0 Å². The average Bonchev–Trinajstić information content (AvgIpc) is 1.65. The lowest BCUT2D eigenvalue weighted by Crippen LogP contribution is -2.06. The average molecular weight is 246 g/mol. The van der Waals surface area contributed by atoms with Crippen molar-refractivity contribution in [1.29, 1.82) is 0 Å². The molecule has 1 N–H and O–H groups in total. The van der Waals surface area contributed by atoms with Crippen molar-refractivity contribution in [2.45, 2.75) is 11.2 Å². The maximum atomic E-state index is 9.92. The van der Waals surface area contributed by atoms with Crippen LogP contribution in [-0.4, -0.2) is 21.2 Å². The molecule has 0 rings (SSSR count). The Hall–Kier alpha value is 0.430. The molecule has 0 aliphatic heterocycles. The van der Waals surface area contributed by atoms with Gasteiger partial charge in [0.1, 0.15) is 0 Å². The van der Waals surface area contributed by atoms with Crippen molar-refractivity contribution in [2.75, 3.05) is 5.33 Å². The van der Waals surface area contributed by atoms with Crippen LogP contribution in [-0.2, 0) is 4.79 Å². The molecular weight excluding hydrogens is 240 g/mol. The van der Waals surface area contributed by atoms with E-state index in [9.17, 15) is 4.79 Å². The Bertz CT molecular complexity index is 84.1. The van der Waals surface area contributed by atoms with Crippen LogP contribution in [0.1, 0.15) is 6.42 Å². The monoisotopic (exact) mass is 244 g/mol. The molecule has 0 radical (unpaired) electrons. The number of carboxylic acids is 1. The number of carbonyl (C=O) groups is 1. The summed E-state index contributed by atoms with van der Waals surface area (Å²) in [4.78, 5) is 9.97. The molecule has 0 fully saturated rings. The van der Waals surface area contributed by atoms with Gasteiger partial charge >= 0.3 is 5.97 Å². The van der Waals surface area contributed by atoms with Gasteiger partial charge in [-0.2, -0.15) is 0 Å². The van der Waals surface area contributed by atoms with E-state index in [1.807, 2.05) is 0 Å². The van der Waals surface area contributed by atoms with Crippen LogP contribution in [0, 0.1) is 0 Å². The molecular formula is C4H6Br2O2. The van der Waals surface area contributed by atoms with Crippen molar-refractivity contribution >= 4 is 37.8 Å². The van der Waals surface area contributed by atoms with Gasteiger partial charge in [-0.1, -0.05) is 31.9 Å². The number of halogens is 2. The minimum Gasteiger partial charge on any atom is -0.481 e. The fraction of sp³-hybridized carbons (Fsp3) is 0.750. The van der Waals surface area contributed by atoms with Gasteiger partial charge in [0, 0.05) is 10.2 Å². The van der Waals surface area contributed by atoms with Crippen molar-refractivity contribution in [3.8, 4) is 0 Å². The van der Waals surface area contributed by atoms with E-state index in [2.05, 4.69) is 31.9 Å². The first-order chi connectivity index (χ1) is 3.66. The summed E-state index contributed by atoms with van der Waals surface area (Å²) in [6.07, 6.45) is 0.172. The van der Waals surface area contributed by atoms with Crippen molar-refractivity contribution in [3.63, 3.8) is 0 Å². The molecule has 0 saturated carbocycles. The van der Waals surface area contributed by atoms with Crippen molar-refractivity contribution in [3.05, 3.63) is 0 Å². The van der Waals surface area contributed by atoms with E-state index in [-0.39, 0.29) is 11.2 Å². The molecule has 0 amide bonds. The fourth-order valence-corrected chi connectivity index (χ4v) is 0.750. The minimum absolute atomic E-state index is 0.0556. The van der Waals surface area contributed by atoms with Gasteiger partial charge in [0.15, 0.2) is 0 Å². The molecule has 0 saturated heterocycles. The van der Waals surface area contributed by atoms with Crippen molar-refractivity contribution < 1.29 is 9.90 Å². The van der Waals surface area contributed by atoms with Crippen molar-refractivity contribution in [1.82, 2.24) is 0 Å². The van der Waals surface area contributed by atoms with Gasteiger partial charge in [0.2, 0.25) is 0 Å². The highest BCUT2D eigenvalue weighted by Crippen LogP contribution is 2.07. The standard InChI is InChI=1S/C4H6Br2O2/c5-2-3(6)1-4(7)8/h3H,1-2H2,(H,7,8)/t3-/m1/s1. The lowest BCUT2D eigenvalue weighted by Gasteiger charge is -1.97. The van der Waals surface area contributed by atoms with Gasteiger partial charge in [-0.3, -0.25) is 4.79 Å². The van der Waals surface area contributed by atoms with E-state index in [1.165, 1.54) is 0 Å². The topological polar surface area (TPSA) is 37.3 Å². The molecule has 48 valence electrons. The van der Waals surface area contributed by atoms with Crippen LogP contribution in [0.25, 0.3) is 0 Å². The number of rotatable bonds is 3. The second kappa shape index (κ2) is 4.32. The molecule has 8 heavy (non-hydrogen) atoms. The molecule has 4 heteroatoms. The largest absolute Gasteiger partial charge is 0.481 e. The highest BCUT2D eigenvalue weighted by molar-refractivity contribution is 9.12. The zero-order chi connectivity index (χ0) is 6.57. The molecule has 0 aliphatic rings. The van der Waals surface area contributed by atoms with Gasteiger partial charge < -0.3 is 5.11 Å². The molecule has 0 heterocycles. The lowest BCUT2D eigenvalue weighted by molar-refractivity contribution is -0.136. The van der Waals surface area contributed by atoms with Gasteiger partial charge in [0.25, 0.3) is 0 Å². The Labute approximate surface area is 64.5 Å². The molecule has 0 spiro atoms. The van der Waals surface area contributed by atoms with Gasteiger partial charge in [-0.05, 0) is 0 Å². The van der Waals surface area contributed by atoms with Gasteiger partial charge in [-0.15, -0.1) is 0 Å². The lowest BCUT2D eigenvalue weighted by atomic mass is 10.3. The van der Waals surface area contributed by atoms with E-state index in [1.54, 1.807) is 0 Å². The van der Waals surface area contributed by atoms with Gasteiger partial charge in [-0.25, -0.2) is 0 Å². The maximum absolute atomic E-state index is 9.92. The summed E-state index contributed by atoms with van der Waals surface area (Å²) in [5, 5.41) is 8.84. The first-order valence-corrected chi connectivity index (χ1v) is 4.12. The van der Waals surface area contributed by atoms with Crippen LogP contribution in [0.5, 0.6) is 0 Å². The maximum Gasteiger partial charge on any atom is 0.304 e. The number of alkyl halides is 2. The minimum atomic E-state index is -0.772. The van der Waals surface area contributed by atoms with E-state index >= 15 is 0 Å². The summed E-state index contributed by atoms with van der Waals surface area (Å²) in [6.45, 7) is 0. The van der Waals surface area contributed by atoms with E-state index in [0.29, 0.717) is 5.33 Å². The number of carboxylic acid groups (broad SMARTS) is 1. The van der Waals surface area contributed by atoms with Crippen LogP contribution in [0.3, 0.4) is 0 Å². The molecule has 0 unspecified atom stereocenters. The highest BCUT2D eigenvalue weighted by Gasteiger charge is 2.05. The summed E-state index contributed by atoms with van der Waals surface area (Å²) in [7, 11) is 0. The third-order valence-electron chi connectivity index (χ3n) is 0.564. The Kier molecular flexibility index (Phi) is 4.56. The Morgan fingerprint density at radius 2 is 2.25 bits per heavy atom. The third kappa shape index (κ3) is 4.59. The molecule has 0 aromatic heterocycles. The first kappa shape index (κ1) is 8.43. The highest BCUT2D eigenvalue weighted by atomic mass is 79.9. The molecule has 0 aliphatic carbocycles. The fourth-order valence-electron chi connectivity index (χ4n) is 0.244. The van der Waals surface area contributed by atoms with Crippen LogP contribution >= 0.6 is 31.9 Å². The zero-order valence-corrected chi connectivity index (χ0v) is 7.27. The summed E-state index contributed by atoms with van der Waals surface area (Å²) < 4.78 is 0. The third-order valence-corrected chi connectivity index (χ3v) is 2.86. The summed E-state index contributed by atoms with van der Waals surface area (Å²) >= 11 is 6.28. The summed E-state index contributed by atoms with van der Waals surface area (Å²) in [6, 6.07) is 0.